The van der Waals surface area contributed by atoms with Gasteiger partial charge in [-0.1, -0.05) is 42.5 Å². The predicted octanol–water partition coefficient (Wildman–Crippen LogP) is 3.74. The van der Waals surface area contributed by atoms with Gasteiger partial charge in [-0.25, -0.2) is 0 Å². The second-order valence-corrected chi connectivity index (χ2v) is 10.4. The van der Waals surface area contributed by atoms with E-state index >= 15 is 0 Å². The minimum absolute atomic E-state index is 0.185. The van der Waals surface area contributed by atoms with E-state index in [2.05, 4.69) is 10.2 Å². The first-order chi connectivity index (χ1) is 17.0. The number of carboxylic acid groups (broad SMARTS) is 2. The smallest absolute Gasteiger partial charge is 0.312 e. The fraction of sp³-hybridized carbons (Fsp3) is 0.481. The molecule has 2 aromatic rings. The van der Waals surface area contributed by atoms with Gasteiger partial charge >= 0.3 is 11.9 Å². The minimum Gasteiger partial charge on any atom is -0.481 e. The van der Waals surface area contributed by atoms with Crippen LogP contribution < -0.4 is 5.32 Å². The van der Waals surface area contributed by atoms with E-state index < -0.39 is 45.7 Å². The maximum absolute atomic E-state index is 13.4. The van der Waals surface area contributed by atoms with Crippen molar-refractivity contribution in [3.05, 3.63) is 75.8 Å². The summed E-state index contributed by atoms with van der Waals surface area (Å²) in [7, 11) is 0. The van der Waals surface area contributed by atoms with Gasteiger partial charge in [-0.2, -0.15) is 0 Å². The molecule has 0 spiro atoms. The molecule has 0 bridgehead atoms. The van der Waals surface area contributed by atoms with E-state index in [1.807, 2.05) is 30.3 Å². The van der Waals surface area contributed by atoms with Gasteiger partial charge in [0.2, 0.25) is 0 Å². The summed E-state index contributed by atoms with van der Waals surface area (Å²) in [5.41, 5.74) is -1.71. The number of hydrogen-bond acceptors (Lipinski definition) is 6. The number of benzene rings is 2. The van der Waals surface area contributed by atoms with E-state index in [0.29, 0.717) is 31.6 Å². The molecule has 4 rings (SSSR count). The molecule has 192 valence electrons. The van der Waals surface area contributed by atoms with Crippen molar-refractivity contribution in [1.29, 1.82) is 0 Å². The van der Waals surface area contributed by atoms with E-state index in [0.717, 1.165) is 5.56 Å². The zero-order valence-corrected chi connectivity index (χ0v) is 20.8. The van der Waals surface area contributed by atoms with E-state index in [9.17, 15) is 29.9 Å². The minimum atomic E-state index is -1.52. The Morgan fingerprint density at radius 1 is 1.08 bits per heavy atom. The summed E-state index contributed by atoms with van der Waals surface area (Å²) in [5, 5.41) is 36.3. The third kappa shape index (κ3) is 4.06. The van der Waals surface area contributed by atoms with Crippen LogP contribution in [0.25, 0.3) is 0 Å². The third-order valence-electron chi connectivity index (χ3n) is 8.64. The molecule has 2 fully saturated rings. The van der Waals surface area contributed by atoms with E-state index in [1.165, 1.54) is 18.2 Å². The van der Waals surface area contributed by atoms with Crippen LogP contribution in [0.3, 0.4) is 0 Å². The standard InChI is InChI=1S/C27H33N3O6/c1-17-26(3,24(31)32)23(20-10-7-11-22(14-20)30(35)36)27(25(33)34,18(2)28-17)21-12-13-29(16-21)15-19-8-5-4-6-9-19/h4-11,14,17-18,21,23,28H,12-13,15-16H2,1-3H3,(H,31,32)(H,33,34). The van der Waals surface area contributed by atoms with E-state index in [1.54, 1.807) is 26.8 Å². The zero-order valence-electron chi connectivity index (χ0n) is 20.8. The van der Waals surface area contributed by atoms with Crippen molar-refractivity contribution in [2.75, 3.05) is 13.1 Å². The van der Waals surface area contributed by atoms with Gasteiger partial charge in [0.25, 0.3) is 5.69 Å². The number of nitrogens with one attached hydrogen (secondary N) is 1. The number of nitro groups is 1. The van der Waals surface area contributed by atoms with E-state index in [4.69, 9.17) is 0 Å². The number of carbonyl (C=O) groups is 2. The van der Waals surface area contributed by atoms with Crippen LogP contribution in [0.2, 0.25) is 0 Å². The fourth-order valence-corrected chi connectivity index (χ4v) is 6.71. The maximum atomic E-state index is 13.4. The van der Waals surface area contributed by atoms with Gasteiger partial charge in [0.05, 0.1) is 15.8 Å². The number of nitro benzene ring substituents is 1. The van der Waals surface area contributed by atoms with Crippen molar-refractivity contribution in [1.82, 2.24) is 10.2 Å². The van der Waals surface area contributed by atoms with Gasteiger partial charge in [-0.05, 0) is 50.8 Å². The molecule has 6 atom stereocenters. The molecular weight excluding hydrogens is 462 g/mol. The first-order valence-electron chi connectivity index (χ1n) is 12.3. The van der Waals surface area contributed by atoms with Crippen LogP contribution in [0.15, 0.2) is 54.6 Å². The summed E-state index contributed by atoms with van der Waals surface area (Å²) in [6.45, 7) is 6.96. The van der Waals surface area contributed by atoms with Crippen molar-refractivity contribution < 1.29 is 24.7 Å². The van der Waals surface area contributed by atoms with Gasteiger partial charge < -0.3 is 15.5 Å². The Morgan fingerprint density at radius 3 is 2.39 bits per heavy atom. The topological polar surface area (TPSA) is 133 Å². The molecule has 0 radical (unpaired) electrons. The molecule has 2 aromatic carbocycles. The van der Waals surface area contributed by atoms with Gasteiger partial charge in [0, 0.05) is 43.2 Å². The lowest BCUT2D eigenvalue weighted by Crippen LogP contribution is -2.71. The molecule has 6 unspecified atom stereocenters. The summed E-state index contributed by atoms with van der Waals surface area (Å²) in [4.78, 5) is 39.5. The second-order valence-electron chi connectivity index (χ2n) is 10.4. The summed E-state index contributed by atoms with van der Waals surface area (Å²) in [5.74, 6) is -3.56. The van der Waals surface area contributed by atoms with Gasteiger partial charge in [0.1, 0.15) is 0 Å². The number of carboxylic acids is 2. The summed E-state index contributed by atoms with van der Waals surface area (Å²) < 4.78 is 0. The first kappa shape index (κ1) is 25.8. The number of rotatable bonds is 7. The largest absolute Gasteiger partial charge is 0.481 e. The molecule has 2 aliphatic rings. The molecule has 36 heavy (non-hydrogen) atoms. The summed E-state index contributed by atoms with van der Waals surface area (Å²) >= 11 is 0. The van der Waals surface area contributed by atoms with Crippen molar-refractivity contribution >= 4 is 17.6 Å². The van der Waals surface area contributed by atoms with Crippen molar-refractivity contribution in [3.63, 3.8) is 0 Å². The highest BCUT2D eigenvalue weighted by atomic mass is 16.6. The molecule has 2 aliphatic heterocycles. The lowest BCUT2D eigenvalue weighted by Gasteiger charge is -2.58. The van der Waals surface area contributed by atoms with Crippen molar-refractivity contribution in [3.8, 4) is 0 Å². The number of aliphatic carboxylic acids is 2. The predicted molar refractivity (Wildman–Crippen MR) is 134 cm³/mol. The molecule has 0 aromatic heterocycles. The number of nitrogens with zero attached hydrogens (tertiary/aromatic N) is 2. The molecule has 0 saturated carbocycles. The number of piperidine rings is 1. The Bertz CT molecular complexity index is 1160. The van der Waals surface area contributed by atoms with Crippen LogP contribution in [0.5, 0.6) is 0 Å². The Morgan fingerprint density at radius 2 is 1.78 bits per heavy atom. The average molecular weight is 496 g/mol. The zero-order chi connectivity index (χ0) is 26.3. The first-order valence-corrected chi connectivity index (χ1v) is 12.3. The van der Waals surface area contributed by atoms with Crippen LogP contribution in [0, 0.1) is 26.9 Å². The highest BCUT2D eigenvalue weighted by molar-refractivity contribution is 5.84. The van der Waals surface area contributed by atoms with Gasteiger partial charge in [0.15, 0.2) is 0 Å². The lowest BCUT2D eigenvalue weighted by molar-refractivity contribution is -0.385. The highest BCUT2D eigenvalue weighted by Gasteiger charge is 2.68. The molecule has 3 N–H and O–H groups in total. The monoisotopic (exact) mass is 495 g/mol. The van der Waals surface area contributed by atoms with Crippen LogP contribution in [0.1, 0.15) is 44.2 Å². The average Bonchev–Trinajstić information content (AvgIpc) is 3.30. The normalized spacial score (nSPS) is 32.8. The van der Waals surface area contributed by atoms with Crippen LogP contribution in [0.4, 0.5) is 5.69 Å². The van der Waals surface area contributed by atoms with Gasteiger partial charge in [-0.15, -0.1) is 0 Å². The summed E-state index contributed by atoms with van der Waals surface area (Å²) in [6.07, 6.45) is 0.584. The van der Waals surface area contributed by atoms with Crippen LogP contribution in [-0.2, 0) is 16.1 Å². The Hall–Kier alpha value is -3.30. The fourth-order valence-electron chi connectivity index (χ4n) is 6.71. The molecule has 2 saturated heterocycles. The molecule has 9 nitrogen and oxygen atoms in total. The Labute approximate surface area is 210 Å². The number of non-ortho nitro benzene ring substituents is 1. The van der Waals surface area contributed by atoms with Gasteiger partial charge in [-0.3, -0.25) is 24.6 Å². The molecule has 0 amide bonds. The SMILES string of the molecule is CC1NC(C)C(C(=O)O)(C2CCN(Cc3ccccc3)C2)C(c2cccc([N+](=O)[O-])c2)C1(C)C(=O)O. The number of likely N-dealkylation sites (tertiary alicyclic amines) is 1. The molecular formula is C27H33N3O6. The number of hydrogen-bond donors (Lipinski definition) is 3. The van der Waals surface area contributed by atoms with Crippen molar-refractivity contribution in [2.45, 2.75) is 51.7 Å². The van der Waals surface area contributed by atoms with Crippen LogP contribution in [-0.4, -0.2) is 57.1 Å². The maximum Gasteiger partial charge on any atom is 0.312 e. The molecule has 2 heterocycles. The molecule has 0 aliphatic carbocycles. The summed E-state index contributed by atoms with van der Waals surface area (Å²) in [6, 6.07) is 14.6. The van der Waals surface area contributed by atoms with Crippen LogP contribution >= 0.6 is 0 Å². The lowest BCUT2D eigenvalue weighted by atomic mass is 9.48. The second kappa shape index (κ2) is 9.63. The third-order valence-corrected chi connectivity index (χ3v) is 8.64. The molecule has 9 heteroatoms. The highest BCUT2D eigenvalue weighted by Crippen LogP contribution is 2.60. The quantitative estimate of drug-likeness (QED) is 0.391. The van der Waals surface area contributed by atoms with E-state index in [-0.39, 0.29) is 11.6 Å². The van der Waals surface area contributed by atoms with Crippen molar-refractivity contribution in [2.24, 2.45) is 16.7 Å². The Kier molecular flexibility index (Phi) is 6.90. The Balaban J connectivity index is 1.85.